The van der Waals surface area contributed by atoms with Crippen molar-refractivity contribution in [2.24, 2.45) is 5.92 Å². The molecule has 0 spiro atoms. The molecule has 1 fully saturated rings. The van der Waals surface area contributed by atoms with Crippen LogP contribution in [0.25, 0.3) is 22.0 Å². The second-order valence-electron chi connectivity index (χ2n) is 8.10. The Morgan fingerprint density at radius 1 is 1.19 bits per heavy atom. The van der Waals surface area contributed by atoms with Gasteiger partial charge in [-0.15, -0.1) is 0 Å². The number of aromatic amines is 1. The van der Waals surface area contributed by atoms with Crippen LogP contribution < -0.4 is 0 Å². The van der Waals surface area contributed by atoms with E-state index in [0.29, 0.717) is 13.1 Å². The Morgan fingerprint density at radius 3 is 2.87 bits per heavy atom. The van der Waals surface area contributed by atoms with Crippen molar-refractivity contribution in [2.75, 3.05) is 6.54 Å². The Hall–Kier alpha value is -3.55. The summed E-state index contributed by atoms with van der Waals surface area (Å²) in [5.41, 5.74) is 2.87. The Kier molecular flexibility index (Phi) is 4.77. The fraction of sp³-hybridized carbons (Fsp3) is 0.261. The molecule has 1 aliphatic heterocycles. The molecule has 0 radical (unpaired) electrons. The second-order valence-corrected chi connectivity index (χ2v) is 8.10. The first kappa shape index (κ1) is 19.4. The van der Waals surface area contributed by atoms with Gasteiger partial charge in [-0.1, -0.05) is 12.1 Å². The van der Waals surface area contributed by atoms with Crippen molar-refractivity contribution < 1.29 is 13.6 Å². The molecule has 0 saturated carbocycles. The number of likely N-dealkylation sites (tertiary alicyclic amines) is 1. The first-order valence-corrected chi connectivity index (χ1v) is 10.2. The van der Waals surface area contributed by atoms with Crippen LogP contribution in [-0.2, 0) is 6.54 Å². The molecule has 1 N–H and O–H groups in total. The number of carbonyl (C=O) groups is 1. The van der Waals surface area contributed by atoms with Crippen molar-refractivity contribution >= 4 is 16.8 Å². The lowest BCUT2D eigenvalue weighted by molar-refractivity contribution is 0.0736. The molecule has 4 aromatic rings. The highest BCUT2D eigenvalue weighted by Gasteiger charge is 2.34. The number of rotatable bonds is 4. The molecule has 2 atom stereocenters. The van der Waals surface area contributed by atoms with E-state index in [1.165, 1.54) is 12.1 Å². The highest BCUT2D eigenvalue weighted by atomic mass is 19.2. The largest absolute Gasteiger partial charge is 0.335 e. The zero-order valence-corrected chi connectivity index (χ0v) is 16.9. The molecule has 158 valence electrons. The van der Waals surface area contributed by atoms with Gasteiger partial charge in [0.25, 0.3) is 5.91 Å². The molecule has 3 heterocycles. The SMILES string of the molecule is C[C@H]1CC(Cn2ncc3cc(-c4cn[nH]c4)ccc32)CN1C(=O)c1cccc(F)c1F. The maximum absolute atomic E-state index is 14.1. The summed E-state index contributed by atoms with van der Waals surface area (Å²) >= 11 is 0. The van der Waals surface area contributed by atoms with E-state index >= 15 is 0 Å². The number of fused-ring (bicyclic) bond motifs is 1. The minimum Gasteiger partial charge on any atom is -0.335 e. The van der Waals surface area contributed by atoms with Crippen LogP contribution in [0.1, 0.15) is 23.7 Å². The third kappa shape index (κ3) is 3.48. The Labute approximate surface area is 177 Å². The zero-order valence-electron chi connectivity index (χ0n) is 16.9. The van der Waals surface area contributed by atoms with Crippen LogP contribution in [0.4, 0.5) is 8.78 Å². The van der Waals surface area contributed by atoms with Crippen LogP contribution in [0.15, 0.2) is 55.0 Å². The predicted octanol–water partition coefficient (Wildman–Crippen LogP) is 4.26. The van der Waals surface area contributed by atoms with Gasteiger partial charge < -0.3 is 4.90 Å². The van der Waals surface area contributed by atoms with Gasteiger partial charge in [0.1, 0.15) is 0 Å². The van der Waals surface area contributed by atoms with Crippen LogP contribution >= 0.6 is 0 Å². The molecule has 6 nitrogen and oxygen atoms in total. The van der Waals surface area contributed by atoms with E-state index in [1.807, 2.05) is 36.1 Å². The van der Waals surface area contributed by atoms with Crippen LogP contribution in [0.2, 0.25) is 0 Å². The number of amides is 1. The number of hydrogen-bond donors (Lipinski definition) is 1. The van der Waals surface area contributed by atoms with Gasteiger partial charge in [-0.25, -0.2) is 8.78 Å². The minimum atomic E-state index is -1.09. The number of carbonyl (C=O) groups excluding carboxylic acids is 1. The number of nitrogens with one attached hydrogen (secondary N) is 1. The number of halogens is 2. The Morgan fingerprint density at radius 2 is 2.06 bits per heavy atom. The van der Waals surface area contributed by atoms with Gasteiger partial charge >= 0.3 is 0 Å². The maximum atomic E-state index is 14.1. The number of H-pyrrole nitrogens is 1. The number of benzene rings is 2. The lowest BCUT2D eigenvalue weighted by Crippen LogP contribution is -2.35. The van der Waals surface area contributed by atoms with E-state index in [4.69, 9.17) is 0 Å². The van der Waals surface area contributed by atoms with Gasteiger partial charge in [-0.2, -0.15) is 10.2 Å². The average molecular weight is 421 g/mol. The van der Waals surface area contributed by atoms with Crippen molar-refractivity contribution in [3.8, 4) is 11.1 Å². The first-order valence-electron chi connectivity index (χ1n) is 10.2. The van der Waals surface area contributed by atoms with Gasteiger partial charge in [0.2, 0.25) is 0 Å². The normalized spacial score (nSPS) is 18.7. The molecule has 31 heavy (non-hydrogen) atoms. The Balaban J connectivity index is 1.34. The van der Waals surface area contributed by atoms with Crippen LogP contribution in [-0.4, -0.2) is 43.4 Å². The predicted molar refractivity (Wildman–Crippen MR) is 112 cm³/mol. The van der Waals surface area contributed by atoms with Crippen LogP contribution in [0.3, 0.4) is 0 Å². The maximum Gasteiger partial charge on any atom is 0.257 e. The standard InChI is InChI=1S/C23H21F2N5O/c1-14-7-15(12-29(14)23(31)19-3-2-4-20(24)22(19)25)13-30-21-6-5-16(8-17(21)11-28-30)18-9-26-27-10-18/h2-6,8-11,14-15H,7,12-13H2,1H3,(H,26,27)/t14-,15?/m0/s1. The van der Waals surface area contributed by atoms with Crippen molar-refractivity contribution in [1.82, 2.24) is 24.9 Å². The van der Waals surface area contributed by atoms with Gasteiger partial charge in [0.15, 0.2) is 11.6 Å². The molecule has 1 unspecified atom stereocenters. The molecule has 0 aliphatic carbocycles. The quantitative estimate of drug-likeness (QED) is 0.536. The number of hydrogen-bond acceptors (Lipinski definition) is 3. The molecular weight excluding hydrogens is 400 g/mol. The molecule has 2 aromatic heterocycles. The lowest BCUT2D eigenvalue weighted by Gasteiger charge is -2.22. The molecule has 0 bridgehead atoms. The van der Waals surface area contributed by atoms with Crippen LogP contribution in [0, 0.1) is 17.6 Å². The Bertz CT molecular complexity index is 1250. The zero-order chi connectivity index (χ0) is 21.5. The van der Waals surface area contributed by atoms with E-state index < -0.39 is 17.5 Å². The summed E-state index contributed by atoms with van der Waals surface area (Å²) in [6.45, 7) is 3.06. The molecule has 2 aromatic carbocycles. The van der Waals surface area contributed by atoms with E-state index in [1.54, 1.807) is 11.1 Å². The fourth-order valence-corrected chi connectivity index (χ4v) is 4.45. The van der Waals surface area contributed by atoms with E-state index in [-0.39, 0.29) is 17.5 Å². The van der Waals surface area contributed by atoms with Gasteiger partial charge in [-0.05, 0) is 49.1 Å². The summed E-state index contributed by atoms with van der Waals surface area (Å²) in [5.74, 6) is -2.39. The fourth-order valence-electron chi connectivity index (χ4n) is 4.45. The molecule has 8 heteroatoms. The summed E-state index contributed by atoms with van der Waals surface area (Å²) < 4.78 is 29.6. The van der Waals surface area contributed by atoms with Crippen LogP contribution in [0.5, 0.6) is 0 Å². The molecule has 5 rings (SSSR count). The third-order valence-electron chi connectivity index (χ3n) is 6.01. The second kappa shape index (κ2) is 7.61. The number of nitrogens with zero attached hydrogens (tertiary/aromatic N) is 4. The smallest absolute Gasteiger partial charge is 0.257 e. The topological polar surface area (TPSA) is 66.8 Å². The van der Waals surface area contributed by atoms with Gasteiger partial charge in [0.05, 0.1) is 23.5 Å². The van der Waals surface area contributed by atoms with Crippen molar-refractivity contribution in [2.45, 2.75) is 25.9 Å². The summed E-state index contributed by atoms with van der Waals surface area (Å²) in [4.78, 5) is 14.5. The van der Waals surface area contributed by atoms with Crippen molar-refractivity contribution in [1.29, 1.82) is 0 Å². The van der Waals surface area contributed by atoms with Crippen molar-refractivity contribution in [3.05, 3.63) is 72.2 Å². The van der Waals surface area contributed by atoms with E-state index in [0.717, 1.165) is 34.5 Å². The molecule has 1 amide bonds. The van der Waals surface area contributed by atoms with Crippen molar-refractivity contribution in [3.63, 3.8) is 0 Å². The lowest BCUT2D eigenvalue weighted by atomic mass is 10.1. The van der Waals surface area contributed by atoms with Gasteiger partial charge in [0, 0.05) is 36.3 Å². The highest BCUT2D eigenvalue weighted by molar-refractivity contribution is 5.95. The van der Waals surface area contributed by atoms with Gasteiger partial charge in [-0.3, -0.25) is 14.6 Å². The van der Waals surface area contributed by atoms with E-state index in [2.05, 4.69) is 21.4 Å². The molecule has 1 aliphatic rings. The van der Waals surface area contributed by atoms with E-state index in [9.17, 15) is 13.6 Å². The first-order chi connectivity index (χ1) is 15.0. The number of aromatic nitrogens is 4. The highest BCUT2D eigenvalue weighted by Crippen LogP contribution is 2.29. The third-order valence-corrected chi connectivity index (χ3v) is 6.01. The summed E-state index contributed by atoms with van der Waals surface area (Å²) in [6, 6.07) is 9.79. The summed E-state index contributed by atoms with van der Waals surface area (Å²) in [7, 11) is 0. The monoisotopic (exact) mass is 421 g/mol. The molecular formula is C23H21F2N5O. The molecule has 1 saturated heterocycles. The average Bonchev–Trinajstić information content (AvgIpc) is 3.50. The summed E-state index contributed by atoms with van der Waals surface area (Å²) in [5, 5.41) is 12.4. The minimum absolute atomic E-state index is 0.0605. The summed E-state index contributed by atoms with van der Waals surface area (Å²) in [6.07, 6.45) is 6.23.